The molecule has 7 nitrogen and oxygen atoms in total. The molecule has 1 amide bonds. The minimum Gasteiger partial charge on any atom is -0.508 e. The summed E-state index contributed by atoms with van der Waals surface area (Å²) in [6.07, 6.45) is 4.32. The number of likely N-dealkylation sites (tertiary alicyclic amines) is 1. The van der Waals surface area contributed by atoms with Gasteiger partial charge in [0.1, 0.15) is 11.6 Å². The zero-order valence-corrected chi connectivity index (χ0v) is 15.2. The van der Waals surface area contributed by atoms with Crippen LogP contribution >= 0.6 is 0 Å². The predicted octanol–water partition coefficient (Wildman–Crippen LogP) is 2.20. The molecule has 1 saturated heterocycles. The van der Waals surface area contributed by atoms with Gasteiger partial charge >= 0.3 is 0 Å². The van der Waals surface area contributed by atoms with Crippen molar-refractivity contribution in [2.45, 2.75) is 18.9 Å². The van der Waals surface area contributed by atoms with Crippen molar-refractivity contribution in [1.29, 1.82) is 0 Å². The van der Waals surface area contributed by atoms with E-state index in [0.717, 1.165) is 12.1 Å². The highest BCUT2D eigenvalue weighted by Gasteiger charge is 2.37. The van der Waals surface area contributed by atoms with Gasteiger partial charge in [-0.15, -0.1) is 0 Å². The van der Waals surface area contributed by atoms with Crippen LogP contribution in [0.4, 0.5) is 0 Å². The summed E-state index contributed by atoms with van der Waals surface area (Å²) >= 11 is 0. The Morgan fingerprint density at radius 3 is 2.86 bits per heavy atom. The number of phenolic OH excluding ortho intramolecular Hbond substituents is 1. The molecule has 3 aromatic rings. The molecule has 0 unspecified atom stereocenters. The van der Waals surface area contributed by atoms with E-state index < -0.39 is 0 Å². The summed E-state index contributed by atoms with van der Waals surface area (Å²) in [5.74, 6) is 0.958. The first-order valence-electron chi connectivity index (χ1n) is 9.42. The van der Waals surface area contributed by atoms with Crippen LogP contribution in [-0.4, -0.2) is 43.5 Å². The molecule has 2 aliphatic heterocycles. The lowest BCUT2D eigenvalue weighted by atomic mass is 9.82. The van der Waals surface area contributed by atoms with Gasteiger partial charge in [-0.1, -0.05) is 6.07 Å². The van der Waals surface area contributed by atoms with E-state index in [9.17, 15) is 14.7 Å². The van der Waals surface area contributed by atoms with Crippen molar-refractivity contribution in [3.63, 3.8) is 0 Å². The fraction of sp³-hybridized carbons (Fsp3) is 0.286. The number of rotatable bonds is 2. The lowest BCUT2D eigenvalue weighted by Crippen LogP contribution is -2.49. The average Bonchev–Trinajstić information content (AvgIpc) is 3.22. The molecule has 0 spiro atoms. The molecule has 2 N–H and O–H groups in total. The quantitative estimate of drug-likeness (QED) is 0.717. The molecule has 1 fully saturated rings. The van der Waals surface area contributed by atoms with Gasteiger partial charge in [-0.3, -0.25) is 9.59 Å². The Bertz CT molecular complexity index is 1100. The van der Waals surface area contributed by atoms with Crippen LogP contribution in [0.5, 0.6) is 5.75 Å². The van der Waals surface area contributed by atoms with Gasteiger partial charge in [0.25, 0.3) is 11.5 Å². The summed E-state index contributed by atoms with van der Waals surface area (Å²) in [6.45, 7) is 1.79. The van der Waals surface area contributed by atoms with Gasteiger partial charge in [-0.05, 0) is 42.7 Å². The van der Waals surface area contributed by atoms with Crippen molar-refractivity contribution in [1.82, 2.24) is 19.4 Å². The Hall–Kier alpha value is -3.35. The Kier molecular flexibility index (Phi) is 3.82. The number of aromatic hydroxyl groups is 1. The number of aromatic amines is 1. The maximum atomic E-state index is 13.0. The lowest BCUT2D eigenvalue weighted by molar-refractivity contribution is 0.0594. The van der Waals surface area contributed by atoms with Crippen LogP contribution in [0.3, 0.4) is 0 Å². The van der Waals surface area contributed by atoms with E-state index in [-0.39, 0.29) is 29.1 Å². The normalized spacial score (nSPS) is 20.6. The summed E-state index contributed by atoms with van der Waals surface area (Å²) in [6, 6.07) is 10.3. The predicted molar refractivity (Wildman–Crippen MR) is 103 cm³/mol. The molecule has 0 aliphatic carbocycles. The number of hydrogen-bond acceptors (Lipinski definition) is 4. The number of nitrogens with zero attached hydrogens (tertiary/aromatic N) is 3. The number of pyridine rings is 1. The highest BCUT2D eigenvalue weighted by atomic mass is 16.3. The molecular weight excluding hydrogens is 356 g/mol. The number of hydrogen-bond donors (Lipinski definition) is 2. The molecule has 5 rings (SSSR count). The Labute approximate surface area is 161 Å². The Morgan fingerprint density at radius 1 is 1.18 bits per heavy atom. The number of H-pyrrole nitrogens is 1. The summed E-state index contributed by atoms with van der Waals surface area (Å²) in [7, 11) is 0. The lowest BCUT2D eigenvalue weighted by Gasteiger charge is -2.43. The van der Waals surface area contributed by atoms with Crippen molar-refractivity contribution in [3.05, 3.63) is 70.4 Å². The van der Waals surface area contributed by atoms with Crippen LogP contribution in [0, 0.1) is 5.92 Å². The van der Waals surface area contributed by atoms with Crippen LogP contribution in [0.25, 0.3) is 11.4 Å². The first-order valence-corrected chi connectivity index (χ1v) is 9.42. The highest BCUT2D eigenvalue weighted by Crippen LogP contribution is 2.36. The zero-order chi connectivity index (χ0) is 19.3. The van der Waals surface area contributed by atoms with Gasteiger partial charge in [0, 0.05) is 49.2 Å². The summed E-state index contributed by atoms with van der Waals surface area (Å²) < 4.78 is 1.85. The summed E-state index contributed by atoms with van der Waals surface area (Å²) in [5, 5.41) is 9.67. The van der Waals surface area contributed by atoms with Gasteiger partial charge in [0.05, 0.1) is 5.56 Å². The van der Waals surface area contributed by atoms with Crippen molar-refractivity contribution in [2.24, 2.45) is 5.92 Å². The number of piperidine rings is 1. The number of carbonyl (C=O) groups excluding carboxylic acids is 1. The third-order valence-electron chi connectivity index (χ3n) is 5.74. The number of fused-ring (bicyclic) bond motifs is 4. The molecule has 142 valence electrons. The van der Waals surface area contributed by atoms with Crippen LogP contribution < -0.4 is 5.56 Å². The topological polar surface area (TPSA) is 91.2 Å². The zero-order valence-electron chi connectivity index (χ0n) is 15.2. The van der Waals surface area contributed by atoms with E-state index in [1.165, 1.54) is 6.07 Å². The number of carbonyl (C=O) groups is 1. The number of nitrogens with one attached hydrogen (secondary N) is 1. The molecule has 2 atom stereocenters. The molecule has 0 radical (unpaired) electrons. The van der Waals surface area contributed by atoms with Crippen molar-refractivity contribution in [2.75, 3.05) is 13.1 Å². The molecule has 7 heteroatoms. The van der Waals surface area contributed by atoms with Crippen molar-refractivity contribution in [3.8, 4) is 17.1 Å². The minimum absolute atomic E-state index is 0.0325. The van der Waals surface area contributed by atoms with Gasteiger partial charge < -0.3 is 19.6 Å². The summed E-state index contributed by atoms with van der Waals surface area (Å²) in [5.41, 5.74) is 2.01. The molecule has 2 aliphatic rings. The molecule has 2 bridgehead atoms. The second-order valence-electron chi connectivity index (χ2n) is 7.58. The van der Waals surface area contributed by atoms with Gasteiger partial charge in [0.2, 0.25) is 0 Å². The monoisotopic (exact) mass is 376 g/mol. The highest BCUT2D eigenvalue weighted by molar-refractivity contribution is 5.94. The number of benzene rings is 1. The van der Waals surface area contributed by atoms with Crippen LogP contribution in [0.1, 0.15) is 28.4 Å². The maximum Gasteiger partial charge on any atom is 0.261 e. The smallest absolute Gasteiger partial charge is 0.261 e. The third-order valence-corrected chi connectivity index (χ3v) is 5.74. The maximum absolute atomic E-state index is 13.0. The second-order valence-corrected chi connectivity index (χ2v) is 7.58. The van der Waals surface area contributed by atoms with Gasteiger partial charge in [0.15, 0.2) is 0 Å². The van der Waals surface area contributed by atoms with Crippen LogP contribution in [0.15, 0.2) is 53.6 Å². The van der Waals surface area contributed by atoms with Gasteiger partial charge in [-0.25, -0.2) is 4.98 Å². The fourth-order valence-corrected chi connectivity index (χ4v) is 4.53. The molecule has 28 heavy (non-hydrogen) atoms. The number of amides is 1. The molecule has 0 saturated carbocycles. The van der Waals surface area contributed by atoms with Gasteiger partial charge in [-0.2, -0.15) is 0 Å². The van der Waals surface area contributed by atoms with Crippen molar-refractivity contribution < 1.29 is 9.90 Å². The van der Waals surface area contributed by atoms with E-state index in [4.69, 9.17) is 0 Å². The Balaban J connectivity index is 1.46. The average molecular weight is 376 g/mol. The SMILES string of the molecule is O=C(c1cccc(O)c1)N1C[C@@H]2C[C@H](C1)c1ccc(-c3ncc[nH]3)c(=O)n1C2. The number of aromatic nitrogens is 3. The molecule has 2 aromatic heterocycles. The largest absolute Gasteiger partial charge is 0.508 e. The van der Waals surface area contributed by atoms with E-state index in [1.807, 2.05) is 21.6 Å². The van der Waals surface area contributed by atoms with E-state index in [1.54, 1.807) is 30.6 Å². The van der Waals surface area contributed by atoms with E-state index in [0.29, 0.717) is 36.6 Å². The number of phenols is 1. The first kappa shape index (κ1) is 16.8. The first-order chi connectivity index (χ1) is 13.6. The number of imidazole rings is 1. The van der Waals surface area contributed by atoms with Crippen LogP contribution in [-0.2, 0) is 6.54 Å². The van der Waals surface area contributed by atoms with Crippen molar-refractivity contribution >= 4 is 5.91 Å². The van der Waals surface area contributed by atoms with Crippen LogP contribution in [0.2, 0.25) is 0 Å². The molecule has 1 aromatic carbocycles. The Morgan fingerprint density at radius 2 is 2.07 bits per heavy atom. The third kappa shape index (κ3) is 2.70. The standard InChI is InChI=1S/C21H20N4O3/c26-16-3-1-2-14(9-16)20(27)24-10-13-8-15(12-24)18-5-4-17(19-22-6-7-23-19)21(28)25(18)11-13/h1-7,9,13,15,26H,8,10-12H2,(H,22,23)/t13-,15+/m0/s1. The summed E-state index contributed by atoms with van der Waals surface area (Å²) in [4.78, 5) is 35.0. The van der Waals surface area contributed by atoms with E-state index >= 15 is 0 Å². The second kappa shape index (κ2) is 6.37. The molecular formula is C21H20N4O3. The molecule has 4 heterocycles. The van der Waals surface area contributed by atoms with E-state index in [2.05, 4.69) is 9.97 Å². The fourth-order valence-electron chi connectivity index (χ4n) is 4.53. The minimum atomic E-state index is -0.0754.